The van der Waals surface area contributed by atoms with Crippen LogP contribution in [0.25, 0.3) is 16.9 Å². The van der Waals surface area contributed by atoms with E-state index in [-0.39, 0.29) is 30.8 Å². The number of nitrogens with one attached hydrogen (secondary N) is 1. The number of aromatic nitrogens is 3. The zero-order valence-corrected chi connectivity index (χ0v) is 22.8. The first-order valence-corrected chi connectivity index (χ1v) is 12.7. The van der Waals surface area contributed by atoms with Crippen molar-refractivity contribution >= 4 is 17.8 Å². The molecule has 4 aromatic rings. The molecular weight excluding hydrogens is 494 g/mol. The van der Waals surface area contributed by atoms with Crippen molar-refractivity contribution in [2.75, 3.05) is 26.1 Å². The minimum Gasteiger partial charge on any atom is -0.493 e. The van der Waals surface area contributed by atoms with Crippen LogP contribution in [-0.2, 0) is 16.0 Å². The Morgan fingerprint density at radius 3 is 2.41 bits per heavy atom. The molecule has 0 radical (unpaired) electrons. The van der Waals surface area contributed by atoms with Crippen molar-refractivity contribution in [2.24, 2.45) is 0 Å². The first kappa shape index (κ1) is 27.4. The molecule has 39 heavy (non-hydrogen) atoms. The molecule has 0 saturated heterocycles. The first-order valence-electron chi connectivity index (χ1n) is 12.7. The predicted octanol–water partition coefficient (Wildman–Crippen LogP) is 4.68. The van der Waals surface area contributed by atoms with Gasteiger partial charge in [0.15, 0.2) is 11.5 Å². The number of rotatable bonds is 10. The van der Waals surface area contributed by atoms with Gasteiger partial charge in [-0.15, -0.1) is 0 Å². The summed E-state index contributed by atoms with van der Waals surface area (Å²) in [5, 5.41) is 2.92. The molecule has 9 nitrogen and oxygen atoms in total. The fraction of sp³-hybridized carbons (Fsp3) is 0.267. The second-order valence-electron chi connectivity index (χ2n) is 9.37. The van der Waals surface area contributed by atoms with Gasteiger partial charge in [0.1, 0.15) is 6.54 Å². The Labute approximate surface area is 228 Å². The summed E-state index contributed by atoms with van der Waals surface area (Å²) in [6.45, 7) is 5.55. The number of anilines is 1. The lowest BCUT2D eigenvalue weighted by molar-refractivity contribution is -0.135. The van der Waals surface area contributed by atoms with Gasteiger partial charge in [-0.1, -0.05) is 36.4 Å². The molecule has 2 aromatic heterocycles. The zero-order chi connectivity index (χ0) is 27.9. The van der Waals surface area contributed by atoms with Crippen LogP contribution in [0.3, 0.4) is 0 Å². The third kappa shape index (κ3) is 6.62. The van der Waals surface area contributed by atoms with Crippen LogP contribution in [0.5, 0.6) is 11.5 Å². The van der Waals surface area contributed by atoms with Crippen LogP contribution in [0.15, 0.2) is 73.1 Å². The number of pyridine rings is 1. The summed E-state index contributed by atoms with van der Waals surface area (Å²) >= 11 is 0. The van der Waals surface area contributed by atoms with Crippen LogP contribution in [0, 0.1) is 6.92 Å². The van der Waals surface area contributed by atoms with Gasteiger partial charge in [0, 0.05) is 29.7 Å². The lowest BCUT2D eigenvalue weighted by Crippen LogP contribution is -2.43. The topological polar surface area (TPSA) is 98.6 Å². The van der Waals surface area contributed by atoms with Crippen LogP contribution in [0.1, 0.15) is 25.1 Å². The Balaban J connectivity index is 1.55. The normalized spacial score (nSPS) is 10.8. The van der Waals surface area contributed by atoms with Crippen molar-refractivity contribution in [3.05, 3.63) is 84.3 Å². The highest BCUT2D eigenvalue weighted by atomic mass is 16.5. The summed E-state index contributed by atoms with van der Waals surface area (Å²) < 4.78 is 12.5. The number of nitrogens with zero attached hydrogens (tertiary/aromatic N) is 4. The number of benzene rings is 2. The SMILES string of the molecule is COc1ccc(CC(=O)N(CC(=O)Nc2nc(-c3ccccc3)cn2-c2ccnc(C)c2)C(C)C)cc1OC. The minimum absolute atomic E-state index is 0.118. The van der Waals surface area contributed by atoms with Crippen LogP contribution >= 0.6 is 0 Å². The minimum atomic E-state index is -0.346. The van der Waals surface area contributed by atoms with E-state index in [1.54, 1.807) is 37.4 Å². The van der Waals surface area contributed by atoms with Crippen molar-refractivity contribution < 1.29 is 19.1 Å². The molecule has 2 aromatic carbocycles. The maximum atomic E-state index is 13.3. The number of methoxy groups -OCH3 is 2. The highest BCUT2D eigenvalue weighted by Gasteiger charge is 2.23. The van der Waals surface area contributed by atoms with E-state index in [9.17, 15) is 9.59 Å². The number of hydrogen-bond donors (Lipinski definition) is 1. The lowest BCUT2D eigenvalue weighted by atomic mass is 10.1. The highest BCUT2D eigenvalue weighted by molar-refractivity contribution is 5.94. The second-order valence-corrected chi connectivity index (χ2v) is 9.37. The molecule has 2 heterocycles. The quantitative estimate of drug-likeness (QED) is 0.322. The van der Waals surface area contributed by atoms with E-state index < -0.39 is 0 Å². The van der Waals surface area contributed by atoms with Gasteiger partial charge in [-0.25, -0.2) is 4.98 Å². The number of imidazole rings is 1. The summed E-state index contributed by atoms with van der Waals surface area (Å²) in [4.78, 5) is 37.0. The lowest BCUT2D eigenvalue weighted by Gasteiger charge is -2.26. The monoisotopic (exact) mass is 527 g/mol. The van der Waals surface area contributed by atoms with E-state index in [0.717, 1.165) is 22.5 Å². The predicted molar refractivity (Wildman–Crippen MR) is 150 cm³/mol. The summed E-state index contributed by atoms with van der Waals surface area (Å²) in [6, 6.07) is 18.7. The van der Waals surface area contributed by atoms with Crippen molar-refractivity contribution in [1.82, 2.24) is 19.4 Å². The Bertz CT molecular complexity index is 1450. The van der Waals surface area contributed by atoms with Gasteiger partial charge >= 0.3 is 0 Å². The third-order valence-electron chi connectivity index (χ3n) is 6.25. The zero-order valence-electron chi connectivity index (χ0n) is 22.8. The number of amides is 2. The summed E-state index contributed by atoms with van der Waals surface area (Å²) in [6.07, 6.45) is 3.71. The van der Waals surface area contributed by atoms with Gasteiger partial charge in [0.2, 0.25) is 17.8 Å². The van der Waals surface area contributed by atoms with E-state index in [1.807, 2.05) is 80.1 Å². The molecule has 4 rings (SSSR count). The molecular formula is C30H33N5O4. The molecule has 0 fully saturated rings. The van der Waals surface area contributed by atoms with Crippen molar-refractivity contribution in [2.45, 2.75) is 33.2 Å². The maximum Gasteiger partial charge on any atom is 0.246 e. The maximum absolute atomic E-state index is 13.3. The number of carbonyl (C=O) groups excluding carboxylic acids is 2. The van der Waals surface area contributed by atoms with Crippen molar-refractivity contribution in [3.8, 4) is 28.4 Å². The summed E-state index contributed by atoms with van der Waals surface area (Å²) in [5.41, 5.74) is 4.06. The van der Waals surface area contributed by atoms with Gasteiger partial charge in [-0.05, 0) is 50.6 Å². The first-order chi connectivity index (χ1) is 18.8. The highest BCUT2D eigenvalue weighted by Crippen LogP contribution is 2.28. The van der Waals surface area contributed by atoms with Crippen LogP contribution < -0.4 is 14.8 Å². The molecule has 202 valence electrons. The number of aryl methyl sites for hydroxylation is 1. The van der Waals surface area contributed by atoms with Crippen molar-refractivity contribution in [3.63, 3.8) is 0 Å². The standard InChI is InChI=1S/C30H33N5O4/c1-20(2)34(29(37)17-22-11-12-26(38-4)27(16-22)39-5)19-28(36)33-30-32-25(23-9-7-6-8-10-23)18-35(30)24-13-14-31-21(3)15-24/h6-16,18,20H,17,19H2,1-5H3,(H,32,33,36). The molecule has 0 aliphatic heterocycles. The van der Waals surface area contributed by atoms with Gasteiger partial charge in [0.05, 0.1) is 32.0 Å². The number of hydrogen-bond acceptors (Lipinski definition) is 6. The van der Waals surface area contributed by atoms with E-state index >= 15 is 0 Å². The van der Waals surface area contributed by atoms with Gasteiger partial charge in [-0.3, -0.25) is 24.5 Å². The van der Waals surface area contributed by atoms with Crippen LogP contribution in [0.2, 0.25) is 0 Å². The Morgan fingerprint density at radius 2 is 1.74 bits per heavy atom. The second kappa shape index (κ2) is 12.3. The van der Waals surface area contributed by atoms with E-state index in [0.29, 0.717) is 23.1 Å². The number of ether oxygens (including phenoxy) is 2. The fourth-order valence-corrected chi connectivity index (χ4v) is 4.24. The molecule has 0 saturated carbocycles. The Morgan fingerprint density at radius 1 is 1.00 bits per heavy atom. The average molecular weight is 528 g/mol. The van der Waals surface area contributed by atoms with Gasteiger partial charge in [0.25, 0.3) is 0 Å². The molecule has 0 atom stereocenters. The summed E-state index contributed by atoms with van der Waals surface area (Å²) in [7, 11) is 3.11. The Hall–Kier alpha value is -4.66. The smallest absolute Gasteiger partial charge is 0.246 e. The third-order valence-corrected chi connectivity index (χ3v) is 6.25. The van der Waals surface area contributed by atoms with Gasteiger partial charge < -0.3 is 14.4 Å². The fourth-order valence-electron chi connectivity index (χ4n) is 4.24. The van der Waals surface area contributed by atoms with Crippen LogP contribution in [-0.4, -0.2) is 58.1 Å². The molecule has 0 aliphatic carbocycles. The summed E-state index contributed by atoms with van der Waals surface area (Å²) in [5.74, 6) is 0.972. The molecule has 0 spiro atoms. The Kier molecular flexibility index (Phi) is 8.60. The average Bonchev–Trinajstić information content (AvgIpc) is 3.35. The van der Waals surface area contributed by atoms with E-state index in [2.05, 4.69) is 10.3 Å². The molecule has 1 N–H and O–H groups in total. The molecule has 9 heteroatoms. The molecule has 2 amide bonds. The molecule has 0 aliphatic rings. The van der Waals surface area contributed by atoms with Crippen LogP contribution in [0.4, 0.5) is 5.95 Å². The molecule has 0 bridgehead atoms. The van der Waals surface area contributed by atoms with Crippen molar-refractivity contribution in [1.29, 1.82) is 0 Å². The largest absolute Gasteiger partial charge is 0.493 e. The van der Waals surface area contributed by atoms with Gasteiger partial charge in [-0.2, -0.15) is 0 Å². The van der Waals surface area contributed by atoms with E-state index in [1.165, 1.54) is 0 Å². The number of carbonyl (C=O) groups is 2. The molecule has 0 unspecified atom stereocenters. The van der Waals surface area contributed by atoms with E-state index in [4.69, 9.17) is 14.5 Å².